The van der Waals surface area contributed by atoms with Crippen LogP contribution in [-0.4, -0.2) is 26.5 Å². The van der Waals surface area contributed by atoms with Crippen molar-refractivity contribution < 1.29 is 5.11 Å². The third-order valence-corrected chi connectivity index (χ3v) is 1.01. The van der Waals surface area contributed by atoms with E-state index in [0.29, 0.717) is 6.54 Å². The minimum Gasteiger partial charge on any atom is -0.394 e. The number of nitrogens with zero attached hydrogens (tertiary/aromatic N) is 3. The summed E-state index contributed by atoms with van der Waals surface area (Å²) in [7, 11) is 0. The molecular formula is C4H6ClN3O. The van der Waals surface area contributed by atoms with Crippen LogP contribution in [0.15, 0.2) is 6.33 Å². The van der Waals surface area contributed by atoms with Crippen molar-refractivity contribution in [3.63, 3.8) is 0 Å². The second-order valence-electron chi connectivity index (χ2n) is 1.50. The Balaban J connectivity index is 2.61. The van der Waals surface area contributed by atoms with Crippen LogP contribution in [0.1, 0.15) is 0 Å². The number of rotatable bonds is 2. The summed E-state index contributed by atoms with van der Waals surface area (Å²) in [5.74, 6) is 0. The first-order valence-electron chi connectivity index (χ1n) is 2.49. The van der Waals surface area contributed by atoms with E-state index >= 15 is 0 Å². The van der Waals surface area contributed by atoms with E-state index in [4.69, 9.17) is 16.7 Å². The first kappa shape index (κ1) is 6.51. The molecule has 0 unspecified atom stereocenters. The molecule has 0 aliphatic heterocycles. The first-order chi connectivity index (χ1) is 4.33. The summed E-state index contributed by atoms with van der Waals surface area (Å²) >= 11 is 5.37. The molecule has 0 aliphatic carbocycles. The molecule has 1 aromatic rings. The van der Waals surface area contributed by atoms with Crippen LogP contribution >= 0.6 is 11.6 Å². The second kappa shape index (κ2) is 2.80. The van der Waals surface area contributed by atoms with E-state index < -0.39 is 0 Å². The highest BCUT2D eigenvalue weighted by molar-refractivity contribution is 6.28. The zero-order valence-corrected chi connectivity index (χ0v) is 5.41. The second-order valence-corrected chi connectivity index (χ2v) is 1.84. The van der Waals surface area contributed by atoms with Gasteiger partial charge in [0.25, 0.3) is 0 Å². The molecule has 50 valence electrons. The summed E-state index contributed by atoms with van der Waals surface area (Å²) in [5, 5.41) is 12.3. The topological polar surface area (TPSA) is 50.9 Å². The number of aromatic nitrogens is 3. The van der Waals surface area contributed by atoms with Crippen molar-refractivity contribution in [3.05, 3.63) is 11.6 Å². The highest BCUT2D eigenvalue weighted by atomic mass is 35.5. The zero-order valence-electron chi connectivity index (χ0n) is 4.66. The average molecular weight is 148 g/mol. The molecular weight excluding hydrogens is 142 g/mol. The maximum Gasteiger partial charge on any atom is 0.242 e. The molecule has 1 rings (SSSR count). The fourth-order valence-corrected chi connectivity index (χ4v) is 0.623. The molecule has 1 N–H and O–H groups in total. The number of hydrogen-bond donors (Lipinski definition) is 1. The molecule has 0 fully saturated rings. The molecule has 9 heavy (non-hydrogen) atoms. The standard InChI is InChI=1S/C4H6ClN3O/c5-4-6-3-8(7-4)1-2-9/h3,9H,1-2H2. The summed E-state index contributed by atoms with van der Waals surface area (Å²) < 4.78 is 1.47. The maximum atomic E-state index is 8.40. The van der Waals surface area contributed by atoms with Crippen LogP contribution in [0.4, 0.5) is 0 Å². The van der Waals surface area contributed by atoms with E-state index in [2.05, 4.69) is 10.1 Å². The Kier molecular flexibility index (Phi) is 2.02. The third kappa shape index (κ3) is 1.65. The number of aliphatic hydroxyl groups excluding tert-OH is 1. The normalized spacial score (nSPS) is 10.0. The van der Waals surface area contributed by atoms with Crippen molar-refractivity contribution >= 4 is 11.6 Å². The van der Waals surface area contributed by atoms with Crippen LogP contribution in [0.2, 0.25) is 5.28 Å². The van der Waals surface area contributed by atoms with Gasteiger partial charge in [-0.2, -0.15) is 0 Å². The van der Waals surface area contributed by atoms with Gasteiger partial charge >= 0.3 is 0 Å². The van der Waals surface area contributed by atoms with Crippen LogP contribution < -0.4 is 0 Å². The van der Waals surface area contributed by atoms with Gasteiger partial charge in [-0.3, -0.25) is 0 Å². The molecule has 0 saturated carbocycles. The van der Waals surface area contributed by atoms with Crippen molar-refractivity contribution in [3.8, 4) is 0 Å². The first-order valence-corrected chi connectivity index (χ1v) is 2.86. The van der Waals surface area contributed by atoms with E-state index in [1.807, 2.05) is 0 Å². The molecule has 0 amide bonds. The van der Waals surface area contributed by atoms with Crippen molar-refractivity contribution in [2.24, 2.45) is 0 Å². The summed E-state index contributed by atoms with van der Waals surface area (Å²) in [5.41, 5.74) is 0. The molecule has 0 aliphatic rings. The van der Waals surface area contributed by atoms with E-state index in [-0.39, 0.29) is 11.9 Å². The van der Waals surface area contributed by atoms with E-state index in [1.54, 1.807) is 0 Å². The van der Waals surface area contributed by atoms with Crippen LogP contribution in [0, 0.1) is 0 Å². The van der Waals surface area contributed by atoms with Gasteiger partial charge in [0.2, 0.25) is 5.28 Å². The quantitative estimate of drug-likeness (QED) is 0.637. The monoisotopic (exact) mass is 147 g/mol. The van der Waals surface area contributed by atoms with Gasteiger partial charge < -0.3 is 5.11 Å². The lowest BCUT2D eigenvalue weighted by atomic mass is 10.7. The smallest absolute Gasteiger partial charge is 0.242 e. The molecule has 5 heteroatoms. The lowest BCUT2D eigenvalue weighted by Crippen LogP contribution is -2.01. The summed E-state index contributed by atoms with van der Waals surface area (Å²) in [6, 6.07) is 0. The van der Waals surface area contributed by atoms with Gasteiger partial charge in [0.05, 0.1) is 13.2 Å². The maximum absolute atomic E-state index is 8.40. The van der Waals surface area contributed by atoms with Gasteiger partial charge in [0.15, 0.2) is 0 Å². The van der Waals surface area contributed by atoms with Crippen molar-refractivity contribution in [1.29, 1.82) is 0 Å². The Morgan fingerprint density at radius 1 is 1.78 bits per heavy atom. The lowest BCUT2D eigenvalue weighted by molar-refractivity contribution is 0.269. The average Bonchev–Trinajstić information content (AvgIpc) is 2.17. The molecule has 1 heterocycles. The molecule has 0 atom stereocenters. The number of aliphatic hydroxyl groups is 1. The van der Waals surface area contributed by atoms with Gasteiger partial charge in [-0.1, -0.05) is 0 Å². The van der Waals surface area contributed by atoms with Gasteiger partial charge in [0.1, 0.15) is 6.33 Å². The van der Waals surface area contributed by atoms with Crippen molar-refractivity contribution in [2.45, 2.75) is 6.54 Å². The lowest BCUT2D eigenvalue weighted by Gasteiger charge is -1.91. The Hall–Kier alpha value is -0.610. The van der Waals surface area contributed by atoms with Crippen LogP contribution in [-0.2, 0) is 6.54 Å². The van der Waals surface area contributed by atoms with Gasteiger partial charge in [-0.25, -0.2) is 9.67 Å². The minimum absolute atomic E-state index is 0.0552. The molecule has 4 nitrogen and oxygen atoms in total. The largest absolute Gasteiger partial charge is 0.394 e. The van der Waals surface area contributed by atoms with Crippen LogP contribution in [0.3, 0.4) is 0 Å². The molecule has 0 aromatic carbocycles. The Bertz CT molecular complexity index is 188. The fraction of sp³-hybridized carbons (Fsp3) is 0.500. The third-order valence-electron chi connectivity index (χ3n) is 0.838. The Morgan fingerprint density at radius 3 is 3.00 bits per heavy atom. The Morgan fingerprint density at radius 2 is 2.56 bits per heavy atom. The highest BCUT2D eigenvalue weighted by Crippen LogP contribution is 1.95. The number of halogens is 1. The van der Waals surface area contributed by atoms with Crippen molar-refractivity contribution in [2.75, 3.05) is 6.61 Å². The molecule has 0 saturated heterocycles. The zero-order chi connectivity index (χ0) is 6.69. The minimum atomic E-state index is 0.0552. The predicted octanol–water partition coefficient (Wildman–Crippen LogP) is -0.0762. The molecule has 0 radical (unpaired) electrons. The summed E-state index contributed by atoms with van der Waals surface area (Å²) in [6.07, 6.45) is 1.47. The van der Waals surface area contributed by atoms with Gasteiger partial charge in [-0.15, -0.1) is 5.10 Å². The molecule has 0 bridgehead atoms. The molecule has 1 aromatic heterocycles. The van der Waals surface area contributed by atoms with E-state index in [0.717, 1.165) is 0 Å². The van der Waals surface area contributed by atoms with E-state index in [1.165, 1.54) is 11.0 Å². The fourth-order valence-electron chi connectivity index (χ4n) is 0.482. The highest BCUT2D eigenvalue weighted by Gasteiger charge is 1.92. The van der Waals surface area contributed by atoms with Crippen LogP contribution in [0.25, 0.3) is 0 Å². The summed E-state index contributed by atoms with van der Waals surface area (Å²) in [6.45, 7) is 0.499. The predicted molar refractivity (Wildman–Crippen MR) is 32.1 cm³/mol. The van der Waals surface area contributed by atoms with Gasteiger partial charge in [-0.05, 0) is 11.6 Å². The van der Waals surface area contributed by atoms with Crippen LogP contribution in [0.5, 0.6) is 0 Å². The SMILES string of the molecule is OCCn1cnc(Cl)n1. The van der Waals surface area contributed by atoms with E-state index in [9.17, 15) is 0 Å². The van der Waals surface area contributed by atoms with Crippen molar-refractivity contribution in [1.82, 2.24) is 14.8 Å². The molecule has 0 spiro atoms. The van der Waals surface area contributed by atoms with Gasteiger partial charge in [0, 0.05) is 0 Å². The Labute approximate surface area is 57.1 Å². The number of hydrogen-bond acceptors (Lipinski definition) is 3. The summed E-state index contributed by atoms with van der Waals surface area (Å²) in [4.78, 5) is 3.64.